The van der Waals surface area contributed by atoms with Crippen LogP contribution in [-0.2, 0) is 4.74 Å². The lowest BCUT2D eigenvalue weighted by Crippen LogP contribution is -2.31. The Hall–Kier alpha value is -1.30. The van der Waals surface area contributed by atoms with Crippen molar-refractivity contribution >= 4 is 23.1 Å². The van der Waals surface area contributed by atoms with Crippen LogP contribution in [0.25, 0.3) is 0 Å². The van der Waals surface area contributed by atoms with Crippen LogP contribution in [0.3, 0.4) is 0 Å². The van der Waals surface area contributed by atoms with Gasteiger partial charge in [-0.2, -0.15) is 4.99 Å². The molecule has 1 aromatic carbocycles. The van der Waals surface area contributed by atoms with Gasteiger partial charge in [0.1, 0.15) is 11.9 Å². The third-order valence-electron chi connectivity index (χ3n) is 2.36. The Morgan fingerprint density at radius 3 is 2.37 bits per heavy atom. The molecule has 1 unspecified atom stereocenters. The van der Waals surface area contributed by atoms with Crippen LogP contribution in [0.15, 0.2) is 29.3 Å². The largest absolute Gasteiger partial charge is 0.465 e. The van der Waals surface area contributed by atoms with Crippen molar-refractivity contribution in [2.75, 3.05) is 13.2 Å². The molecule has 0 aliphatic carbocycles. The summed E-state index contributed by atoms with van der Waals surface area (Å²) in [5.74, 6) is 0.616. The fourth-order valence-corrected chi connectivity index (χ4v) is 1.47. The summed E-state index contributed by atoms with van der Waals surface area (Å²) in [4.78, 5) is 3.83. The van der Waals surface area contributed by atoms with Crippen LogP contribution >= 0.6 is 12.2 Å². The molecule has 0 spiro atoms. The molecule has 1 atom stereocenters. The number of nitrogens with zero attached hydrogens (tertiary/aromatic N) is 1. The van der Waals surface area contributed by atoms with Gasteiger partial charge in [-0.05, 0) is 36.5 Å². The number of benzene rings is 1. The first-order valence-electron chi connectivity index (χ1n) is 5.95. The quantitative estimate of drug-likeness (QED) is 0.433. The third kappa shape index (κ3) is 5.46. The molecule has 0 bridgehead atoms. The maximum Gasteiger partial charge on any atom is 0.200 e. The first-order valence-corrected chi connectivity index (χ1v) is 6.36. The van der Waals surface area contributed by atoms with E-state index in [4.69, 9.17) is 19.7 Å². The third-order valence-corrected chi connectivity index (χ3v) is 2.46. The molecule has 104 valence electrons. The molecule has 0 radical (unpaired) electrons. The molecule has 0 amide bonds. The van der Waals surface area contributed by atoms with Gasteiger partial charge in [0.15, 0.2) is 6.29 Å². The normalized spacial score (nSPS) is 12.0. The lowest BCUT2D eigenvalue weighted by atomic mass is 10.3. The average Bonchev–Trinajstić information content (AvgIpc) is 2.45. The smallest absolute Gasteiger partial charge is 0.200 e. The molecule has 1 aromatic rings. The van der Waals surface area contributed by atoms with Crippen LogP contribution in [0.5, 0.6) is 5.75 Å². The Morgan fingerprint density at radius 2 is 1.89 bits per heavy atom. The van der Waals surface area contributed by atoms with Gasteiger partial charge < -0.3 is 19.7 Å². The predicted molar refractivity (Wildman–Crippen MR) is 74.9 cm³/mol. The molecule has 0 saturated carbocycles. The summed E-state index contributed by atoms with van der Waals surface area (Å²) in [5.41, 5.74) is 0.694. The van der Waals surface area contributed by atoms with Crippen molar-refractivity contribution in [2.24, 2.45) is 4.99 Å². The number of hydrogen-bond acceptors (Lipinski definition) is 6. The number of thiocarbonyl (C=S) groups is 1. The van der Waals surface area contributed by atoms with Crippen LogP contribution in [0, 0.1) is 0 Å². The molecule has 1 rings (SSSR count). The van der Waals surface area contributed by atoms with E-state index in [9.17, 15) is 0 Å². The highest BCUT2D eigenvalue weighted by Crippen LogP contribution is 2.20. The number of aliphatic hydroxyl groups is 2. The number of ether oxygens (including phenoxy) is 2. The minimum Gasteiger partial charge on any atom is -0.465 e. The maximum atomic E-state index is 8.96. The van der Waals surface area contributed by atoms with Gasteiger partial charge in [0.25, 0.3) is 0 Å². The molecule has 6 heteroatoms. The Labute approximate surface area is 117 Å². The fourth-order valence-electron chi connectivity index (χ4n) is 1.37. The van der Waals surface area contributed by atoms with E-state index in [1.54, 1.807) is 24.3 Å². The van der Waals surface area contributed by atoms with Crippen molar-refractivity contribution in [1.29, 1.82) is 0 Å². The van der Waals surface area contributed by atoms with Gasteiger partial charge in [-0.25, -0.2) is 0 Å². The standard InChI is InChI=1S/C13H17NO4S/c1-2-13(18-12(7-15)8-16)17-11-5-3-10(4-6-11)14-9-19/h3-6,12-13,15-16H,2,7-8H2,1H3. The first-order chi connectivity index (χ1) is 9.23. The number of rotatable bonds is 8. The molecule has 0 fully saturated rings. The van der Waals surface area contributed by atoms with Gasteiger partial charge in [-0.15, -0.1) is 0 Å². The summed E-state index contributed by atoms with van der Waals surface area (Å²) < 4.78 is 11.0. The number of aliphatic imine (C=N–C) groups is 1. The lowest BCUT2D eigenvalue weighted by molar-refractivity contribution is -0.144. The summed E-state index contributed by atoms with van der Waals surface area (Å²) in [6.07, 6.45) is -0.566. The van der Waals surface area contributed by atoms with Crippen molar-refractivity contribution in [3.05, 3.63) is 24.3 Å². The monoisotopic (exact) mass is 283 g/mol. The van der Waals surface area contributed by atoms with E-state index in [1.165, 1.54) is 0 Å². The van der Waals surface area contributed by atoms with Crippen molar-refractivity contribution in [1.82, 2.24) is 0 Å². The Kier molecular flexibility index (Phi) is 7.25. The van der Waals surface area contributed by atoms with E-state index in [0.717, 1.165) is 0 Å². The second kappa shape index (κ2) is 8.74. The molecule has 0 saturated heterocycles. The molecular weight excluding hydrogens is 266 g/mol. The first kappa shape index (κ1) is 15.8. The van der Waals surface area contributed by atoms with Gasteiger partial charge in [0.05, 0.1) is 24.1 Å². The molecule has 0 heterocycles. The van der Waals surface area contributed by atoms with E-state index in [0.29, 0.717) is 17.9 Å². The van der Waals surface area contributed by atoms with Gasteiger partial charge in [-0.1, -0.05) is 6.92 Å². The molecule has 0 aromatic heterocycles. The van der Waals surface area contributed by atoms with Gasteiger partial charge >= 0.3 is 0 Å². The zero-order valence-corrected chi connectivity index (χ0v) is 11.5. The topological polar surface area (TPSA) is 71.3 Å². The zero-order chi connectivity index (χ0) is 14.1. The molecule has 2 N–H and O–H groups in total. The van der Waals surface area contributed by atoms with Crippen LogP contribution in [0.4, 0.5) is 5.69 Å². The van der Waals surface area contributed by atoms with Crippen molar-refractivity contribution < 1.29 is 19.7 Å². The summed E-state index contributed by atoms with van der Waals surface area (Å²) in [7, 11) is 0. The SMILES string of the molecule is CCC(Oc1ccc(N=C=S)cc1)OC(CO)CO. The van der Waals surface area contributed by atoms with Gasteiger partial charge in [0.2, 0.25) is 0 Å². The van der Waals surface area contributed by atoms with Gasteiger partial charge in [-0.3, -0.25) is 0 Å². The average molecular weight is 283 g/mol. The molecule has 19 heavy (non-hydrogen) atoms. The number of hydrogen-bond donors (Lipinski definition) is 2. The summed E-state index contributed by atoms with van der Waals surface area (Å²) in [5, 5.41) is 20.2. The van der Waals surface area contributed by atoms with Crippen LogP contribution in [-0.4, -0.2) is 41.0 Å². The molecule has 0 aliphatic heterocycles. The predicted octanol–water partition coefficient (Wildman–Crippen LogP) is 1.91. The van der Waals surface area contributed by atoms with E-state index in [2.05, 4.69) is 22.4 Å². The lowest BCUT2D eigenvalue weighted by Gasteiger charge is -2.22. The summed E-state index contributed by atoms with van der Waals surface area (Å²) in [6.45, 7) is 1.39. The zero-order valence-electron chi connectivity index (χ0n) is 10.7. The minimum atomic E-state index is -0.636. The highest BCUT2D eigenvalue weighted by Gasteiger charge is 2.15. The van der Waals surface area contributed by atoms with Crippen LogP contribution in [0.1, 0.15) is 13.3 Å². The molecular formula is C13H17NO4S. The molecule has 0 aliphatic rings. The summed E-state index contributed by atoms with van der Waals surface area (Å²) >= 11 is 4.51. The van der Waals surface area contributed by atoms with E-state index >= 15 is 0 Å². The summed E-state index contributed by atoms with van der Waals surface area (Å²) in [6, 6.07) is 6.97. The van der Waals surface area contributed by atoms with Gasteiger partial charge in [0, 0.05) is 6.42 Å². The highest BCUT2D eigenvalue weighted by atomic mass is 32.1. The highest BCUT2D eigenvalue weighted by molar-refractivity contribution is 7.78. The van der Waals surface area contributed by atoms with E-state index < -0.39 is 12.4 Å². The second-order valence-electron chi connectivity index (χ2n) is 3.78. The number of isothiocyanates is 1. The van der Waals surface area contributed by atoms with Crippen LogP contribution in [0.2, 0.25) is 0 Å². The van der Waals surface area contributed by atoms with Crippen molar-refractivity contribution in [3.8, 4) is 5.75 Å². The number of aliphatic hydroxyl groups excluding tert-OH is 2. The fraction of sp³-hybridized carbons (Fsp3) is 0.462. The Bertz CT molecular complexity index is 413. The molecule has 5 nitrogen and oxygen atoms in total. The second-order valence-corrected chi connectivity index (χ2v) is 3.96. The van der Waals surface area contributed by atoms with E-state index in [-0.39, 0.29) is 13.2 Å². The van der Waals surface area contributed by atoms with Crippen LogP contribution < -0.4 is 4.74 Å². The minimum absolute atomic E-state index is 0.251. The maximum absolute atomic E-state index is 8.96. The van der Waals surface area contributed by atoms with Crippen molar-refractivity contribution in [2.45, 2.75) is 25.7 Å². The Balaban J connectivity index is 2.62. The van der Waals surface area contributed by atoms with Crippen molar-refractivity contribution in [3.63, 3.8) is 0 Å². The van der Waals surface area contributed by atoms with E-state index in [1.807, 2.05) is 6.92 Å². The Morgan fingerprint density at radius 1 is 1.26 bits per heavy atom.